The summed E-state index contributed by atoms with van der Waals surface area (Å²) >= 11 is 0. The van der Waals surface area contributed by atoms with Crippen molar-refractivity contribution in [3.8, 4) is 0 Å². The highest BCUT2D eigenvalue weighted by Gasteiger charge is 2.16. The van der Waals surface area contributed by atoms with Gasteiger partial charge in [0.05, 0.1) is 22.9 Å². The van der Waals surface area contributed by atoms with Gasteiger partial charge in [0.2, 0.25) is 0 Å². The van der Waals surface area contributed by atoms with Gasteiger partial charge in [-0.15, -0.1) is 0 Å². The van der Waals surface area contributed by atoms with Crippen molar-refractivity contribution in [2.75, 3.05) is 0 Å². The zero-order valence-corrected chi connectivity index (χ0v) is 12.0. The van der Waals surface area contributed by atoms with Crippen LogP contribution in [0.3, 0.4) is 0 Å². The van der Waals surface area contributed by atoms with Crippen LogP contribution < -0.4 is 0 Å². The number of rotatable bonds is 4. The van der Waals surface area contributed by atoms with Gasteiger partial charge < -0.3 is 4.57 Å². The number of aryl methyl sites for hydroxylation is 2. The fourth-order valence-corrected chi connectivity index (χ4v) is 2.69. The molecule has 0 fully saturated rings. The third kappa shape index (κ3) is 2.29. The number of aromatic nitrogens is 3. The topological polar surface area (TPSA) is 65.9 Å². The summed E-state index contributed by atoms with van der Waals surface area (Å²) in [5.74, 6) is 0. The minimum absolute atomic E-state index is 0.136. The number of hydrogen-bond donors (Lipinski definition) is 0. The molecular weight excluding hydrogens is 268 g/mol. The quantitative estimate of drug-likeness (QED) is 0.546. The molecule has 3 rings (SSSR count). The van der Waals surface area contributed by atoms with Crippen molar-refractivity contribution in [3.05, 3.63) is 58.0 Å². The van der Waals surface area contributed by atoms with Crippen molar-refractivity contribution in [1.29, 1.82) is 0 Å². The van der Waals surface area contributed by atoms with Crippen LogP contribution in [0.1, 0.15) is 18.3 Å². The molecular formula is C15H16N4O2. The molecule has 6 nitrogen and oxygen atoms in total. The number of nitro groups is 1. The van der Waals surface area contributed by atoms with Crippen LogP contribution in [0, 0.1) is 17.0 Å². The molecule has 0 saturated heterocycles. The van der Waals surface area contributed by atoms with E-state index < -0.39 is 0 Å². The van der Waals surface area contributed by atoms with Crippen LogP contribution in [-0.4, -0.2) is 19.3 Å². The smallest absolute Gasteiger partial charge is 0.293 e. The summed E-state index contributed by atoms with van der Waals surface area (Å²) in [5.41, 5.74) is 2.80. The molecule has 0 aliphatic carbocycles. The van der Waals surface area contributed by atoms with E-state index in [1.807, 2.05) is 47.5 Å². The second-order valence-electron chi connectivity index (χ2n) is 5.01. The van der Waals surface area contributed by atoms with Crippen LogP contribution in [0.5, 0.6) is 0 Å². The summed E-state index contributed by atoms with van der Waals surface area (Å²) in [6.45, 7) is 5.34. The minimum atomic E-state index is -0.332. The van der Waals surface area contributed by atoms with Crippen molar-refractivity contribution < 1.29 is 4.92 Å². The van der Waals surface area contributed by atoms with Gasteiger partial charge in [0.1, 0.15) is 5.52 Å². The van der Waals surface area contributed by atoms with Gasteiger partial charge in [-0.1, -0.05) is 12.1 Å². The fraction of sp³-hybridized carbons (Fsp3) is 0.267. The number of nitro benzene ring substituents is 1. The van der Waals surface area contributed by atoms with Gasteiger partial charge in [-0.2, -0.15) is 5.10 Å². The highest BCUT2D eigenvalue weighted by molar-refractivity contribution is 5.88. The Morgan fingerprint density at radius 1 is 1.33 bits per heavy atom. The molecule has 0 amide bonds. The van der Waals surface area contributed by atoms with Gasteiger partial charge in [0.15, 0.2) is 0 Å². The molecule has 0 spiro atoms. The van der Waals surface area contributed by atoms with Crippen LogP contribution in [-0.2, 0) is 13.1 Å². The van der Waals surface area contributed by atoms with Crippen molar-refractivity contribution >= 4 is 16.6 Å². The second-order valence-corrected chi connectivity index (χ2v) is 5.01. The summed E-state index contributed by atoms with van der Waals surface area (Å²) < 4.78 is 3.84. The number of nitrogens with zero attached hydrogens (tertiary/aromatic N) is 4. The molecule has 1 aromatic carbocycles. The first-order valence-corrected chi connectivity index (χ1v) is 6.85. The van der Waals surface area contributed by atoms with E-state index in [0.29, 0.717) is 12.1 Å². The molecule has 2 heterocycles. The van der Waals surface area contributed by atoms with E-state index >= 15 is 0 Å². The maximum absolute atomic E-state index is 11.2. The van der Waals surface area contributed by atoms with Crippen LogP contribution in [0.25, 0.3) is 10.9 Å². The Morgan fingerprint density at radius 3 is 2.86 bits per heavy atom. The Labute approximate surface area is 121 Å². The molecule has 0 unspecified atom stereocenters. The molecule has 0 radical (unpaired) electrons. The van der Waals surface area contributed by atoms with E-state index in [-0.39, 0.29) is 10.6 Å². The van der Waals surface area contributed by atoms with Crippen LogP contribution in [0.2, 0.25) is 0 Å². The lowest BCUT2D eigenvalue weighted by atomic mass is 10.2. The monoisotopic (exact) mass is 284 g/mol. The predicted molar refractivity (Wildman–Crippen MR) is 80.3 cm³/mol. The summed E-state index contributed by atoms with van der Waals surface area (Å²) in [7, 11) is 0. The molecule has 0 atom stereocenters. The Balaban J connectivity index is 2.10. The molecule has 3 aromatic rings. The van der Waals surface area contributed by atoms with Gasteiger partial charge in [-0.05, 0) is 26.0 Å². The Hall–Kier alpha value is -2.63. The first-order chi connectivity index (χ1) is 10.1. The molecule has 0 aliphatic rings. The normalized spacial score (nSPS) is 11.1. The highest BCUT2D eigenvalue weighted by atomic mass is 16.6. The standard InChI is InChI=1S/C15H16N4O2/c1-3-18-13(9-11(2)16-18)10-17-8-7-12-5-4-6-14(15(12)17)19(20)21/h4-9H,3,10H2,1-2H3. The zero-order chi connectivity index (χ0) is 15.0. The van der Waals surface area contributed by atoms with Crippen molar-refractivity contribution in [3.63, 3.8) is 0 Å². The number of para-hydroxylation sites is 1. The van der Waals surface area contributed by atoms with Gasteiger partial charge in [-0.3, -0.25) is 14.8 Å². The minimum Gasteiger partial charge on any atom is -0.336 e. The van der Waals surface area contributed by atoms with Crippen LogP contribution >= 0.6 is 0 Å². The molecule has 6 heteroatoms. The number of fused-ring (bicyclic) bond motifs is 1. The first kappa shape index (κ1) is 13.4. The highest BCUT2D eigenvalue weighted by Crippen LogP contribution is 2.27. The van der Waals surface area contributed by atoms with Crippen LogP contribution in [0.15, 0.2) is 36.5 Å². The maximum atomic E-state index is 11.2. The molecule has 21 heavy (non-hydrogen) atoms. The molecule has 2 aromatic heterocycles. The number of hydrogen-bond acceptors (Lipinski definition) is 3. The summed E-state index contributed by atoms with van der Waals surface area (Å²) in [6.07, 6.45) is 1.89. The van der Waals surface area contributed by atoms with E-state index in [2.05, 4.69) is 5.10 Å². The maximum Gasteiger partial charge on any atom is 0.293 e. The van der Waals surface area contributed by atoms with Gasteiger partial charge in [0, 0.05) is 24.2 Å². The van der Waals surface area contributed by atoms with Crippen molar-refractivity contribution in [2.24, 2.45) is 0 Å². The predicted octanol–water partition coefficient (Wildman–Crippen LogP) is 3.12. The molecule has 0 N–H and O–H groups in total. The lowest BCUT2D eigenvalue weighted by molar-refractivity contribution is -0.383. The summed E-state index contributed by atoms with van der Waals surface area (Å²) in [6, 6.07) is 9.07. The summed E-state index contributed by atoms with van der Waals surface area (Å²) in [4.78, 5) is 10.9. The van der Waals surface area contributed by atoms with E-state index in [4.69, 9.17) is 0 Å². The third-order valence-electron chi connectivity index (χ3n) is 3.58. The fourth-order valence-electron chi connectivity index (χ4n) is 2.69. The largest absolute Gasteiger partial charge is 0.336 e. The number of non-ortho nitro benzene ring substituents is 1. The lowest BCUT2D eigenvalue weighted by Gasteiger charge is -2.07. The number of benzene rings is 1. The average Bonchev–Trinajstić information content (AvgIpc) is 3.02. The van der Waals surface area contributed by atoms with E-state index in [9.17, 15) is 10.1 Å². The Bertz CT molecular complexity index is 816. The molecule has 108 valence electrons. The third-order valence-corrected chi connectivity index (χ3v) is 3.58. The van der Waals surface area contributed by atoms with Gasteiger partial charge in [0.25, 0.3) is 5.69 Å². The summed E-state index contributed by atoms with van der Waals surface area (Å²) in [5, 5.41) is 16.5. The van der Waals surface area contributed by atoms with Gasteiger partial charge in [-0.25, -0.2) is 0 Å². The van der Waals surface area contributed by atoms with E-state index in [1.54, 1.807) is 12.1 Å². The second kappa shape index (κ2) is 5.05. The zero-order valence-electron chi connectivity index (χ0n) is 12.0. The van der Waals surface area contributed by atoms with Crippen molar-refractivity contribution in [1.82, 2.24) is 14.3 Å². The SMILES string of the molecule is CCn1nc(C)cc1Cn1ccc2cccc([N+](=O)[O-])c21. The lowest BCUT2D eigenvalue weighted by Crippen LogP contribution is -2.07. The van der Waals surface area contributed by atoms with Crippen molar-refractivity contribution in [2.45, 2.75) is 26.9 Å². The van der Waals surface area contributed by atoms with E-state index in [1.165, 1.54) is 0 Å². The van der Waals surface area contributed by atoms with Gasteiger partial charge >= 0.3 is 0 Å². The Kier molecular flexibility index (Phi) is 3.21. The first-order valence-electron chi connectivity index (χ1n) is 6.85. The molecule has 0 saturated carbocycles. The molecule has 0 bridgehead atoms. The Morgan fingerprint density at radius 2 is 2.14 bits per heavy atom. The molecule has 0 aliphatic heterocycles. The average molecular weight is 284 g/mol. The van der Waals surface area contributed by atoms with Crippen LogP contribution in [0.4, 0.5) is 5.69 Å². The van der Waals surface area contributed by atoms with E-state index in [0.717, 1.165) is 23.3 Å².